The van der Waals surface area contributed by atoms with Gasteiger partial charge in [0, 0.05) is 5.56 Å². The van der Waals surface area contributed by atoms with Gasteiger partial charge in [-0.25, -0.2) is 0 Å². The second-order valence-electron chi connectivity index (χ2n) is 6.92. The van der Waals surface area contributed by atoms with Crippen LogP contribution in [0.15, 0.2) is 36.4 Å². The molecule has 0 saturated carbocycles. The van der Waals surface area contributed by atoms with E-state index in [1.165, 1.54) is 5.56 Å². The van der Waals surface area contributed by atoms with Gasteiger partial charge in [0.25, 0.3) is 0 Å². The van der Waals surface area contributed by atoms with E-state index in [0.717, 1.165) is 27.7 Å². The van der Waals surface area contributed by atoms with Crippen molar-refractivity contribution in [1.29, 1.82) is 0 Å². The van der Waals surface area contributed by atoms with Gasteiger partial charge in [-0.2, -0.15) is 0 Å². The number of rotatable bonds is 4. The number of benzene rings is 2. The fourth-order valence-electron chi connectivity index (χ4n) is 2.55. The summed E-state index contributed by atoms with van der Waals surface area (Å²) in [7, 11) is 1.80. The molecule has 2 aromatic rings. The van der Waals surface area contributed by atoms with Gasteiger partial charge in [-0.3, -0.25) is 4.79 Å². The molecule has 0 spiro atoms. The average Bonchev–Trinajstić information content (AvgIpc) is 2.49. The van der Waals surface area contributed by atoms with Gasteiger partial charge >= 0.3 is 18.9 Å². The van der Waals surface area contributed by atoms with Gasteiger partial charge in [-0.1, -0.05) is 45.0 Å². The van der Waals surface area contributed by atoms with Crippen LogP contribution in [0.5, 0.6) is 5.75 Å². The third-order valence-corrected chi connectivity index (χ3v) is 5.55. The van der Waals surface area contributed by atoms with E-state index in [4.69, 9.17) is 4.74 Å². The SMILES string of the molecule is COc1cc(C)c(PC(=O)c2ccc(C(C)(C)C)cc2)c(C)c1.[LiH]. The Kier molecular flexibility index (Phi) is 7.30. The first-order valence-electron chi connectivity index (χ1n) is 7.79. The maximum atomic E-state index is 12.6. The molecular formula is C20H26LiO2P. The van der Waals surface area contributed by atoms with Crippen LogP contribution in [0.3, 0.4) is 0 Å². The van der Waals surface area contributed by atoms with Crippen molar-refractivity contribution in [3.63, 3.8) is 0 Å². The van der Waals surface area contributed by atoms with Crippen molar-refractivity contribution in [2.75, 3.05) is 7.11 Å². The molecule has 1 atom stereocenters. The Labute approximate surface area is 159 Å². The quantitative estimate of drug-likeness (QED) is 0.620. The van der Waals surface area contributed by atoms with Gasteiger partial charge in [-0.05, 0) is 62.0 Å². The van der Waals surface area contributed by atoms with E-state index in [-0.39, 0.29) is 38.4 Å². The van der Waals surface area contributed by atoms with E-state index < -0.39 is 0 Å². The van der Waals surface area contributed by atoms with E-state index >= 15 is 0 Å². The van der Waals surface area contributed by atoms with E-state index in [2.05, 4.69) is 32.9 Å². The molecule has 0 aliphatic rings. The number of aryl methyl sites for hydroxylation is 2. The van der Waals surface area contributed by atoms with Crippen molar-refractivity contribution >= 4 is 38.3 Å². The van der Waals surface area contributed by atoms with Crippen LogP contribution in [-0.4, -0.2) is 31.5 Å². The van der Waals surface area contributed by atoms with Gasteiger partial charge in [0.05, 0.1) is 7.11 Å². The summed E-state index contributed by atoms with van der Waals surface area (Å²) in [6, 6.07) is 12.0. The molecule has 0 amide bonds. The van der Waals surface area contributed by atoms with Crippen molar-refractivity contribution < 1.29 is 9.53 Å². The molecule has 4 heteroatoms. The van der Waals surface area contributed by atoms with Crippen LogP contribution in [-0.2, 0) is 5.41 Å². The third kappa shape index (κ3) is 4.97. The molecule has 0 aliphatic carbocycles. The predicted octanol–water partition coefficient (Wildman–Crippen LogP) is 4.11. The van der Waals surface area contributed by atoms with Crippen LogP contribution in [0.2, 0.25) is 0 Å². The standard InChI is InChI=1S/C20H25O2P.Li.H/c1-13-11-17(22-6)12-14(2)18(13)23-19(21)15-7-9-16(10-8-15)20(3,4)5;;/h7-12,23H,1-6H3;;. The van der Waals surface area contributed by atoms with E-state index in [1.54, 1.807) is 7.11 Å². The summed E-state index contributed by atoms with van der Waals surface area (Å²) in [4.78, 5) is 12.6. The van der Waals surface area contributed by atoms with E-state index in [9.17, 15) is 4.79 Å². The number of hydrogen-bond donors (Lipinski definition) is 0. The molecule has 24 heavy (non-hydrogen) atoms. The summed E-state index contributed by atoms with van der Waals surface area (Å²) in [5.74, 6) is 0.843. The van der Waals surface area contributed by atoms with Gasteiger partial charge in [0.15, 0.2) is 5.52 Å². The number of methoxy groups -OCH3 is 1. The van der Waals surface area contributed by atoms with Gasteiger partial charge < -0.3 is 4.74 Å². The Morgan fingerprint density at radius 3 is 1.92 bits per heavy atom. The van der Waals surface area contributed by atoms with Crippen LogP contribution in [0, 0.1) is 13.8 Å². The minimum absolute atomic E-state index is 0. The van der Waals surface area contributed by atoms with Crippen molar-refractivity contribution in [2.45, 2.75) is 40.0 Å². The Morgan fingerprint density at radius 2 is 1.50 bits per heavy atom. The number of carbonyl (C=O) groups is 1. The zero-order valence-electron chi connectivity index (χ0n) is 14.8. The molecule has 0 N–H and O–H groups in total. The molecule has 0 aliphatic heterocycles. The number of ether oxygens (including phenoxy) is 1. The number of carbonyl (C=O) groups excluding carboxylic acids is 1. The molecule has 124 valence electrons. The van der Waals surface area contributed by atoms with Crippen LogP contribution in [0.25, 0.3) is 0 Å². The predicted molar refractivity (Wildman–Crippen MR) is 107 cm³/mol. The molecule has 2 aromatic carbocycles. The van der Waals surface area contributed by atoms with Crippen molar-refractivity contribution in [1.82, 2.24) is 0 Å². The summed E-state index contributed by atoms with van der Waals surface area (Å²) < 4.78 is 5.28. The average molecular weight is 336 g/mol. The Hall–Kier alpha value is -1.06. The van der Waals surface area contributed by atoms with Crippen LogP contribution in [0.1, 0.15) is 47.8 Å². The second-order valence-corrected chi connectivity index (χ2v) is 8.12. The maximum absolute atomic E-state index is 12.6. The molecule has 0 aromatic heterocycles. The first kappa shape index (κ1) is 21.0. The molecule has 1 unspecified atom stereocenters. The zero-order valence-corrected chi connectivity index (χ0v) is 15.8. The summed E-state index contributed by atoms with van der Waals surface area (Å²) in [5, 5.41) is 1.12. The second kappa shape index (κ2) is 8.35. The Morgan fingerprint density at radius 1 is 1.00 bits per heavy atom. The zero-order chi connectivity index (χ0) is 17.2. The molecule has 0 saturated heterocycles. The topological polar surface area (TPSA) is 26.3 Å². The van der Waals surface area contributed by atoms with Gasteiger partial charge in [-0.15, -0.1) is 0 Å². The Balaban J connectivity index is 0.00000288. The fourth-order valence-corrected chi connectivity index (χ4v) is 3.62. The van der Waals surface area contributed by atoms with Crippen molar-refractivity contribution in [3.05, 3.63) is 58.7 Å². The van der Waals surface area contributed by atoms with Crippen molar-refractivity contribution in [3.8, 4) is 5.75 Å². The summed E-state index contributed by atoms with van der Waals surface area (Å²) in [6.07, 6.45) is 0. The van der Waals surface area contributed by atoms with E-state index in [1.807, 2.05) is 38.1 Å². The number of hydrogen-bond acceptors (Lipinski definition) is 2. The van der Waals surface area contributed by atoms with Crippen LogP contribution >= 0.6 is 8.58 Å². The fraction of sp³-hybridized carbons (Fsp3) is 0.350. The molecular weight excluding hydrogens is 310 g/mol. The summed E-state index contributed by atoms with van der Waals surface area (Å²) in [6.45, 7) is 10.6. The first-order valence-corrected chi connectivity index (χ1v) is 8.79. The third-order valence-electron chi connectivity index (χ3n) is 3.99. The molecule has 0 fully saturated rings. The molecule has 0 radical (unpaired) electrons. The van der Waals surface area contributed by atoms with Crippen LogP contribution in [0.4, 0.5) is 0 Å². The van der Waals surface area contributed by atoms with Crippen LogP contribution < -0.4 is 10.0 Å². The van der Waals surface area contributed by atoms with Gasteiger partial charge in [0.1, 0.15) is 5.75 Å². The molecule has 2 nitrogen and oxygen atoms in total. The molecule has 0 heterocycles. The Bertz CT molecular complexity index is 692. The van der Waals surface area contributed by atoms with Gasteiger partial charge in [0.2, 0.25) is 0 Å². The minimum atomic E-state index is 0. The summed E-state index contributed by atoms with van der Waals surface area (Å²) in [5.41, 5.74) is 4.54. The van der Waals surface area contributed by atoms with E-state index in [0.29, 0.717) is 0 Å². The monoisotopic (exact) mass is 336 g/mol. The summed E-state index contributed by atoms with van der Waals surface area (Å²) >= 11 is 0. The normalized spacial score (nSPS) is 11.4. The first-order chi connectivity index (χ1) is 10.7. The van der Waals surface area contributed by atoms with Crippen molar-refractivity contribution in [2.24, 2.45) is 0 Å². The molecule has 2 rings (SSSR count). The molecule has 0 bridgehead atoms.